The van der Waals surface area contributed by atoms with Crippen molar-refractivity contribution in [1.82, 2.24) is 5.32 Å². The molecule has 0 heterocycles. The Balaban J connectivity index is 2.89. The van der Waals surface area contributed by atoms with Gasteiger partial charge in [-0.1, -0.05) is 29.7 Å². The van der Waals surface area contributed by atoms with Crippen molar-refractivity contribution in [1.29, 1.82) is 0 Å². The van der Waals surface area contributed by atoms with Crippen molar-refractivity contribution in [2.24, 2.45) is 0 Å². The average molecular weight is 222 g/mol. The highest BCUT2D eigenvalue weighted by Gasteiger charge is 2.19. The molecule has 0 unspecified atom stereocenters. The number of halogens is 1. The lowest BCUT2D eigenvalue weighted by Crippen LogP contribution is -2.42. The second-order valence-electron chi connectivity index (χ2n) is 3.70. The molecule has 78 valence electrons. The monoisotopic (exact) mass is 221 g/mol. The molecule has 1 N–H and O–H groups in total. The summed E-state index contributed by atoms with van der Waals surface area (Å²) in [7, 11) is 0. The van der Waals surface area contributed by atoms with Crippen LogP contribution in [0.2, 0.25) is 5.02 Å². The fourth-order valence-electron chi connectivity index (χ4n) is 1.03. The molecule has 1 aromatic rings. The molecule has 0 saturated heterocycles. The van der Waals surface area contributed by atoms with Gasteiger partial charge >= 0.3 is 0 Å². The van der Waals surface area contributed by atoms with E-state index in [9.17, 15) is 4.79 Å². The van der Waals surface area contributed by atoms with Crippen LogP contribution in [-0.2, 0) is 0 Å². The SMILES string of the molecule is C#CC(C)(C)NC(=O)c1ccccc1Cl. The molecule has 0 aromatic heterocycles. The van der Waals surface area contributed by atoms with E-state index in [1.807, 2.05) is 0 Å². The summed E-state index contributed by atoms with van der Waals surface area (Å²) in [5, 5.41) is 3.12. The topological polar surface area (TPSA) is 29.1 Å². The van der Waals surface area contributed by atoms with Gasteiger partial charge in [-0.3, -0.25) is 4.79 Å². The summed E-state index contributed by atoms with van der Waals surface area (Å²) in [6, 6.07) is 6.85. The minimum Gasteiger partial charge on any atom is -0.336 e. The lowest BCUT2D eigenvalue weighted by atomic mass is 10.1. The van der Waals surface area contributed by atoms with Crippen LogP contribution in [0.3, 0.4) is 0 Å². The third-order valence-electron chi connectivity index (χ3n) is 1.91. The van der Waals surface area contributed by atoms with Crippen molar-refractivity contribution in [3.63, 3.8) is 0 Å². The quantitative estimate of drug-likeness (QED) is 0.764. The standard InChI is InChI=1S/C12H12ClNO/c1-4-12(2,3)14-11(15)9-7-5-6-8-10(9)13/h1,5-8H,2-3H3,(H,14,15). The summed E-state index contributed by atoms with van der Waals surface area (Å²) in [4.78, 5) is 11.7. The number of hydrogen-bond acceptors (Lipinski definition) is 1. The first kappa shape index (κ1) is 11.6. The van der Waals surface area contributed by atoms with Gasteiger partial charge in [-0.2, -0.15) is 0 Å². The number of amides is 1. The Labute approximate surface area is 94.6 Å². The van der Waals surface area contributed by atoms with Gasteiger partial charge in [0, 0.05) is 0 Å². The molecule has 1 aromatic carbocycles. The normalized spacial score (nSPS) is 10.5. The van der Waals surface area contributed by atoms with Crippen LogP contribution in [0.5, 0.6) is 0 Å². The van der Waals surface area contributed by atoms with Gasteiger partial charge in [-0.25, -0.2) is 0 Å². The van der Waals surface area contributed by atoms with Crippen LogP contribution in [-0.4, -0.2) is 11.4 Å². The van der Waals surface area contributed by atoms with E-state index in [0.717, 1.165) is 0 Å². The maximum atomic E-state index is 11.7. The Morgan fingerprint density at radius 3 is 2.60 bits per heavy atom. The number of rotatable bonds is 2. The second-order valence-corrected chi connectivity index (χ2v) is 4.11. The molecule has 0 fully saturated rings. The van der Waals surface area contributed by atoms with Crippen LogP contribution in [0.15, 0.2) is 24.3 Å². The van der Waals surface area contributed by atoms with E-state index in [-0.39, 0.29) is 5.91 Å². The number of hydrogen-bond donors (Lipinski definition) is 1. The minimum absolute atomic E-state index is 0.261. The first-order valence-electron chi connectivity index (χ1n) is 4.51. The van der Waals surface area contributed by atoms with Crippen molar-refractivity contribution in [2.75, 3.05) is 0 Å². The van der Waals surface area contributed by atoms with Crippen LogP contribution in [0, 0.1) is 12.3 Å². The molecule has 3 heteroatoms. The molecule has 15 heavy (non-hydrogen) atoms. The predicted molar refractivity (Wildman–Crippen MR) is 61.8 cm³/mol. The molecule has 0 aliphatic rings. The Kier molecular flexibility index (Phi) is 3.39. The van der Waals surface area contributed by atoms with Crippen molar-refractivity contribution < 1.29 is 4.79 Å². The third-order valence-corrected chi connectivity index (χ3v) is 2.23. The zero-order chi connectivity index (χ0) is 11.5. The first-order chi connectivity index (χ1) is 6.96. The molecule has 0 spiro atoms. The van der Waals surface area contributed by atoms with Crippen LogP contribution < -0.4 is 5.32 Å². The van der Waals surface area contributed by atoms with E-state index in [1.54, 1.807) is 38.1 Å². The van der Waals surface area contributed by atoms with E-state index < -0.39 is 5.54 Å². The first-order valence-corrected chi connectivity index (χ1v) is 4.89. The fraction of sp³-hybridized carbons (Fsp3) is 0.250. The van der Waals surface area contributed by atoms with Gasteiger partial charge in [0.2, 0.25) is 0 Å². The molecule has 0 radical (unpaired) electrons. The summed E-state index contributed by atoms with van der Waals surface area (Å²) >= 11 is 5.88. The number of nitrogens with one attached hydrogen (secondary N) is 1. The smallest absolute Gasteiger partial charge is 0.253 e. The number of benzene rings is 1. The van der Waals surface area contributed by atoms with Crippen molar-refractivity contribution in [3.05, 3.63) is 34.9 Å². The molecular formula is C12H12ClNO. The highest BCUT2D eigenvalue weighted by Crippen LogP contribution is 2.15. The van der Waals surface area contributed by atoms with Crippen LogP contribution in [0.25, 0.3) is 0 Å². The molecule has 0 saturated carbocycles. The third kappa shape index (κ3) is 3.00. The summed E-state index contributed by atoms with van der Waals surface area (Å²) in [5.74, 6) is 2.23. The van der Waals surface area contributed by atoms with Gasteiger partial charge < -0.3 is 5.32 Å². The molecule has 1 amide bonds. The highest BCUT2D eigenvalue weighted by molar-refractivity contribution is 6.33. The van der Waals surface area contributed by atoms with Gasteiger partial charge in [0.05, 0.1) is 16.1 Å². The van der Waals surface area contributed by atoms with Gasteiger partial charge in [-0.05, 0) is 26.0 Å². The second kappa shape index (κ2) is 4.37. The van der Waals surface area contributed by atoms with E-state index in [0.29, 0.717) is 10.6 Å². The average Bonchev–Trinajstić information content (AvgIpc) is 2.17. The summed E-state index contributed by atoms with van der Waals surface area (Å²) in [6.45, 7) is 3.50. The predicted octanol–water partition coefficient (Wildman–Crippen LogP) is 2.48. The maximum Gasteiger partial charge on any atom is 0.253 e. The van der Waals surface area contributed by atoms with Crippen LogP contribution in [0.1, 0.15) is 24.2 Å². The Hall–Kier alpha value is -1.46. The lowest BCUT2D eigenvalue weighted by Gasteiger charge is -2.19. The molecule has 0 bridgehead atoms. The van der Waals surface area contributed by atoms with Crippen LogP contribution in [0.4, 0.5) is 0 Å². The summed E-state index contributed by atoms with van der Waals surface area (Å²) < 4.78 is 0. The summed E-state index contributed by atoms with van der Waals surface area (Å²) in [5.41, 5.74) is -0.238. The Bertz CT molecular complexity index is 418. The van der Waals surface area contributed by atoms with Gasteiger partial charge in [0.15, 0.2) is 0 Å². The largest absolute Gasteiger partial charge is 0.336 e. The molecule has 0 aliphatic heterocycles. The van der Waals surface area contributed by atoms with E-state index >= 15 is 0 Å². The molecule has 1 rings (SSSR count). The van der Waals surface area contributed by atoms with Crippen molar-refractivity contribution in [2.45, 2.75) is 19.4 Å². The highest BCUT2D eigenvalue weighted by atomic mass is 35.5. The molecule has 2 nitrogen and oxygen atoms in total. The number of terminal acetylenes is 1. The van der Waals surface area contributed by atoms with E-state index in [1.165, 1.54) is 0 Å². The van der Waals surface area contributed by atoms with Crippen LogP contribution >= 0.6 is 11.6 Å². The minimum atomic E-state index is -0.670. The zero-order valence-electron chi connectivity index (χ0n) is 8.67. The molecular weight excluding hydrogens is 210 g/mol. The lowest BCUT2D eigenvalue weighted by molar-refractivity contribution is 0.0930. The van der Waals surface area contributed by atoms with E-state index in [2.05, 4.69) is 11.2 Å². The number of carbonyl (C=O) groups is 1. The van der Waals surface area contributed by atoms with Gasteiger partial charge in [0.1, 0.15) is 0 Å². The maximum absolute atomic E-state index is 11.7. The van der Waals surface area contributed by atoms with Crippen molar-refractivity contribution in [3.8, 4) is 12.3 Å². The molecule has 0 aliphatic carbocycles. The van der Waals surface area contributed by atoms with Crippen molar-refractivity contribution >= 4 is 17.5 Å². The summed E-state index contributed by atoms with van der Waals surface area (Å²) in [6.07, 6.45) is 5.27. The van der Waals surface area contributed by atoms with Gasteiger partial charge in [-0.15, -0.1) is 6.42 Å². The molecule has 0 atom stereocenters. The van der Waals surface area contributed by atoms with E-state index in [4.69, 9.17) is 18.0 Å². The Morgan fingerprint density at radius 2 is 2.07 bits per heavy atom. The number of carbonyl (C=O) groups excluding carboxylic acids is 1. The fourth-order valence-corrected chi connectivity index (χ4v) is 1.25. The zero-order valence-corrected chi connectivity index (χ0v) is 9.43. The Morgan fingerprint density at radius 1 is 1.47 bits per heavy atom. The van der Waals surface area contributed by atoms with Gasteiger partial charge in [0.25, 0.3) is 5.91 Å².